The number of carbonyl (C=O) groups excluding carboxylic acids is 2. The Bertz CT molecular complexity index is 944. The summed E-state index contributed by atoms with van der Waals surface area (Å²) in [5, 5.41) is 11.4. The lowest BCUT2D eigenvalue weighted by Gasteiger charge is -2.25. The molecule has 3 rings (SSSR count). The third kappa shape index (κ3) is 4.45. The Labute approximate surface area is 181 Å². The first-order valence-corrected chi connectivity index (χ1v) is 10.6. The Kier molecular flexibility index (Phi) is 7.00. The van der Waals surface area contributed by atoms with Crippen LogP contribution >= 0.6 is 11.6 Å². The van der Waals surface area contributed by atoms with Crippen LogP contribution in [-0.4, -0.2) is 52.8 Å². The lowest BCUT2D eigenvalue weighted by molar-refractivity contribution is -0.140. The Balaban J connectivity index is 1.99. The highest BCUT2D eigenvalue weighted by atomic mass is 35.5. The van der Waals surface area contributed by atoms with Crippen LogP contribution in [0.5, 0.6) is 0 Å². The van der Waals surface area contributed by atoms with Crippen LogP contribution in [0.1, 0.15) is 43.4 Å². The summed E-state index contributed by atoms with van der Waals surface area (Å²) in [6.45, 7) is 9.04. The van der Waals surface area contributed by atoms with Crippen molar-refractivity contribution in [1.29, 1.82) is 0 Å². The fourth-order valence-electron chi connectivity index (χ4n) is 3.77. The van der Waals surface area contributed by atoms with E-state index < -0.39 is 17.7 Å². The molecule has 0 bridgehead atoms. The van der Waals surface area contributed by atoms with Gasteiger partial charge in [0.05, 0.1) is 5.57 Å². The molecule has 0 saturated carbocycles. The van der Waals surface area contributed by atoms with Gasteiger partial charge in [0.1, 0.15) is 23.3 Å². The molecule has 1 fully saturated rings. The molecule has 0 radical (unpaired) electrons. The molecule has 7 heteroatoms. The van der Waals surface area contributed by atoms with Gasteiger partial charge in [0.25, 0.3) is 11.7 Å². The molecular weight excluding hydrogens is 404 g/mol. The van der Waals surface area contributed by atoms with E-state index in [1.165, 1.54) is 4.90 Å². The van der Waals surface area contributed by atoms with Gasteiger partial charge in [-0.2, -0.15) is 0 Å². The lowest BCUT2D eigenvalue weighted by Crippen LogP contribution is -2.33. The molecule has 1 aromatic carbocycles. The summed E-state index contributed by atoms with van der Waals surface area (Å²) in [6, 6.07) is 9.27. The number of rotatable bonds is 8. The van der Waals surface area contributed by atoms with Gasteiger partial charge in [-0.3, -0.25) is 9.59 Å². The third-order valence-corrected chi connectivity index (χ3v) is 5.71. The predicted molar refractivity (Wildman–Crippen MR) is 116 cm³/mol. The van der Waals surface area contributed by atoms with Crippen LogP contribution < -0.4 is 0 Å². The van der Waals surface area contributed by atoms with Gasteiger partial charge in [0, 0.05) is 17.1 Å². The van der Waals surface area contributed by atoms with Crippen molar-refractivity contribution in [2.45, 2.75) is 33.2 Å². The Morgan fingerprint density at radius 3 is 2.37 bits per heavy atom. The smallest absolute Gasteiger partial charge is 0.295 e. The van der Waals surface area contributed by atoms with Gasteiger partial charge in [-0.05, 0) is 69.4 Å². The lowest BCUT2D eigenvalue weighted by atomic mass is 9.99. The second-order valence-electron chi connectivity index (χ2n) is 7.33. The van der Waals surface area contributed by atoms with Crippen molar-refractivity contribution in [2.24, 2.45) is 0 Å². The molecule has 6 nitrogen and oxygen atoms in total. The average Bonchev–Trinajstić information content (AvgIpc) is 3.27. The van der Waals surface area contributed by atoms with Crippen molar-refractivity contribution in [3.05, 3.63) is 64.1 Å². The third-order valence-electron chi connectivity index (χ3n) is 5.46. The highest BCUT2D eigenvalue weighted by molar-refractivity contribution is 6.46. The number of likely N-dealkylation sites (tertiary alicyclic amines) is 1. The molecule has 0 unspecified atom stereocenters. The van der Waals surface area contributed by atoms with Gasteiger partial charge in [-0.25, -0.2) is 0 Å². The molecule has 1 atom stereocenters. The van der Waals surface area contributed by atoms with E-state index in [0.29, 0.717) is 35.1 Å². The van der Waals surface area contributed by atoms with Gasteiger partial charge in [0.2, 0.25) is 0 Å². The SMILES string of the molecule is CCN(CC)CCCN1C(=O)C(=O)C(=C(O)c2ccc(Cl)cc2)[C@@H]1c1ccc(C)o1. The van der Waals surface area contributed by atoms with Gasteiger partial charge in [-0.15, -0.1) is 0 Å². The van der Waals surface area contributed by atoms with Crippen LogP contribution in [-0.2, 0) is 9.59 Å². The first-order valence-electron chi connectivity index (χ1n) is 10.2. The first-order chi connectivity index (χ1) is 14.4. The Morgan fingerprint density at radius 1 is 1.13 bits per heavy atom. The standard InChI is InChI=1S/C23H27ClN2O4/c1-4-25(5-2)13-6-14-26-20(18-12-7-15(3)30-18)19(22(28)23(26)29)21(27)16-8-10-17(24)11-9-16/h7-12,20,27H,4-6,13-14H2,1-3H3/t20-/m0/s1. The summed E-state index contributed by atoms with van der Waals surface area (Å²) in [5.41, 5.74) is 0.466. The highest BCUT2D eigenvalue weighted by Gasteiger charge is 2.47. The maximum absolute atomic E-state index is 12.9. The maximum Gasteiger partial charge on any atom is 0.295 e. The number of ketones is 1. The number of amides is 1. The van der Waals surface area contributed by atoms with E-state index in [4.69, 9.17) is 16.0 Å². The predicted octanol–water partition coefficient (Wildman–Crippen LogP) is 4.40. The maximum atomic E-state index is 12.9. The number of halogens is 1. The molecule has 1 saturated heterocycles. The van der Waals surface area contributed by atoms with Gasteiger partial charge in [0.15, 0.2) is 0 Å². The van der Waals surface area contributed by atoms with Crippen LogP contribution in [0.15, 0.2) is 46.4 Å². The van der Waals surface area contributed by atoms with Crippen molar-refractivity contribution < 1.29 is 19.1 Å². The number of hydrogen-bond acceptors (Lipinski definition) is 5. The van der Waals surface area contributed by atoms with Gasteiger partial charge < -0.3 is 19.3 Å². The van der Waals surface area contributed by atoms with Crippen molar-refractivity contribution in [3.8, 4) is 0 Å². The van der Waals surface area contributed by atoms with E-state index in [-0.39, 0.29) is 11.3 Å². The van der Waals surface area contributed by atoms with Crippen molar-refractivity contribution >= 4 is 29.1 Å². The van der Waals surface area contributed by atoms with E-state index in [2.05, 4.69) is 18.7 Å². The number of aliphatic hydroxyl groups is 1. The zero-order valence-electron chi connectivity index (χ0n) is 17.5. The first kappa shape index (κ1) is 22.1. The van der Waals surface area contributed by atoms with E-state index in [9.17, 15) is 14.7 Å². The fourth-order valence-corrected chi connectivity index (χ4v) is 3.90. The monoisotopic (exact) mass is 430 g/mol. The number of carbonyl (C=O) groups is 2. The zero-order chi connectivity index (χ0) is 21.8. The normalized spacial score (nSPS) is 18.6. The molecule has 1 aliphatic rings. The van der Waals surface area contributed by atoms with E-state index >= 15 is 0 Å². The summed E-state index contributed by atoms with van der Waals surface area (Å²) >= 11 is 5.94. The number of Topliss-reactive ketones (excluding diaryl/α,β-unsaturated/α-hetero) is 1. The molecule has 30 heavy (non-hydrogen) atoms. The molecule has 0 spiro atoms. The summed E-state index contributed by atoms with van der Waals surface area (Å²) < 4.78 is 5.78. The van der Waals surface area contributed by atoms with Crippen molar-refractivity contribution in [2.75, 3.05) is 26.2 Å². The summed E-state index contributed by atoms with van der Waals surface area (Å²) in [4.78, 5) is 29.5. The minimum Gasteiger partial charge on any atom is -0.507 e. The number of nitrogens with zero attached hydrogens (tertiary/aromatic N) is 2. The second-order valence-corrected chi connectivity index (χ2v) is 7.76. The molecule has 1 N–H and O–H groups in total. The number of aliphatic hydroxyl groups excluding tert-OH is 1. The minimum atomic E-state index is -0.758. The van der Waals surface area contributed by atoms with Gasteiger partial charge in [-0.1, -0.05) is 25.4 Å². The molecule has 1 amide bonds. The summed E-state index contributed by atoms with van der Waals surface area (Å²) in [6.07, 6.45) is 0.714. The van der Waals surface area contributed by atoms with Crippen LogP contribution in [0.2, 0.25) is 5.02 Å². The Morgan fingerprint density at radius 2 is 1.80 bits per heavy atom. The van der Waals surface area contributed by atoms with Crippen molar-refractivity contribution in [3.63, 3.8) is 0 Å². The molecule has 2 aromatic rings. The molecular formula is C23H27ClN2O4. The number of aryl methyl sites for hydroxylation is 1. The minimum absolute atomic E-state index is 0.0412. The number of hydrogen-bond donors (Lipinski definition) is 1. The zero-order valence-corrected chi connectivity index (χ0v) is 18.3. The number of furan rings is 1. The Hall–Kier alpha value is -2.57. The molecule has 1 aromatic heterocycles. The largest absolute Gasteiger partial charge is 0.507 e. The average molecular weight is 431 g/mol. The molecule has 160 valence electrons. The van der Waals surface area contributed by atoms with E-state index in [0.717, 1.165) is 19.6 Å². The number of benzene rings is 1. The fraction of sp³-hybridized carbons (Fsp3) is 0.391. The van der Waals surface area contributed by atoms with Crippen LogP contribution in [0.25, 0.3) is 5.76 Å². The second kappa shape index (κ2) is 9.49. The van der Waals surface area contributed by atoms with Gasteiger partial charge >= 0.3 is 0 Å². The van der Waals surface area contributed by atoms with E-state index in [1.807, 2.05) is 0 Å². The quantitative estimate of drug-likeness (QED) is 0.382. The van der Waals surface area contributed by atoms with Crippen LogP contribution in [0.4, 0.5) is 0 Å². The van der Waals surface area contributed by atoms with E-state index in [1.54, 1.807) is 43.3 Å². The highest BCUT2D eigenvalue weighted by Crippen LogP contribution is 2.40. The molecule has 1 aliphatic heterocycles. The molecule has 0 aliphatic carbocycles. The van der Waals surface area contributed by atoms with Crippen LogP contribution in [0.3, 0.4) is 0 Å². The topological polar surface area (TPSA) is 74.0 Å². The summed E-state index contributed by atoms with van der Waals surface area (Å²) in [7, 11) is 0. The van der Waals surface area contributed by atoms with Crippen molar-refractivity contribution in [1.82, 2.24) is 9.80 Å². The summed E-state index contributed by atoms with van der Waals surface area (Å²) in [5.74, 6) is -0.418. The van der Waals surface area contributed by atoms with Crippen LogP contribution in [0, 0.1) is 6.92 Å². The molecule has 2 heterocycles.